The minimum atomic E-state index is -4.53. The van der Waals surface area contributed by atoms with Crippen molar-refractivity contribution < 1.29 is 23.1 Å². The van der Waals surface area contributed by atoms with Gasteiger partial charge in [0.25, 0.3) is 0 Å². The van der Waals surface area contributed by atoms with Crippen LogP contribution in [0.4, 0.5) is 13.2 Å². The number of aliphatic hydroxyl groups excluding tert-OH is 1. The van der Waals surface area contributed by atoms with E-state index in [2.05, 4.69) is 5.32 Å². The summed E-state index contributed by atoms with van der Waals surface area (Å²) in [6.45, 7) is 5.38. The number of aliphatic hydroxyl groups is 1. The molecule has 2 N–H and O–H groups in total. The van der Waals surface area contributed by atoms with E-state index >= 15 is 0 Å². The van der Waals surface area contributed by atoms with Gasteiger partial charge in [-0.15, -0.1) is 0 Å². The van der Waals surface area contributed by atoms with E-state index in [-0.39, 0.29) is 29.9 Å². The molecule has 0 fully saturated rings. The maximum Gasteiger partial charge on any atom is 0.416 e. The van der Waals surface area contributed by atoms with E-state index in [4.69, 9.17) is 0 Å². The van der Waals surface area contributed by atoms with Gasteiger partial charge in [0.15, 0.2) is 0 Å². The fourth-order valence-corrected chi connectivity index (χ4v) is 1.91. The Labute approximate surface area is 122 Å². The summed E-state index contributed by atoms with van der Waals surface area (Å²) >= 11 is 0. The summed E-state index contributed by atoms with van der Waals surface area (Å²) in [6, 6.07) is 4.81. The van der Waals surface area contributed by atoms with E-state index < -0.39 is 17.8 Å². The molecule has 0 aliphatic rings. The molecule has 0 radical (unpaired) electrons. The van der Waals surface area contributed by atoms with Gasteiger partial charge in [0, 0.05) is 13.0 Å². The van der Waals surface area contributed by atoms with Gasteiger partial charge in [0.2, 0.25) is 5.91 Å². The molecule has 0 unspecified atom stereocenters. The molecule has 0 saturated carbocycles. The molecule has 1 rings (SSSR count). The molecule has 1 aromatic carbocycles. The number of nitrogens with one attached hydrogen (secondary N) is 1. The van der Waals surface area contributed by atoms with Crippen LogP contribution in [0.5, 0.6) is 0 Å². The Morgan fingerprint density at radius 2 is 1.81 bits per heavy atom. The van der Waals surface area contributed by atoms with Gasteiger partial charge < -0.3 is 10.4 Å². The summed E-state index contributed by atoms with van der Waals surface area (Å²) in [4.78, 5) is 11.6. The van der Waals surface area contributed by atoms with Crippen molar-refractivity contribution in [2.45, 2.75) is 39.5 Å². The largest absolute Gasteiger partial charge is 0.416 e. The molecule has 1 aromatic rings. The topological polar surface area (TPSA) is 49.3 Å². The lowest BCUT2D eigenvalue weighted by Crippen LogP contribution is -2.31. The zero-order valence-electron chi connectivity index (χ0n) is 12.3. The highest BCUT2D eigenvalue weighted by Gasteiger charge is 2.34. The van der Waals surface area contributed by atoms with Crippen LogP contribution in [0.25, 0.3) is 0 Å². The first-order valence-corrected chi connectivity index (χ1v) is 6.61. The molecule has 0 saturated heterocycles. The molecule has 0 aliphatic carbocycles. The zero-order valence-corrected chi connectivity index (χ0v) is 12.3. The lowest BCUT2D eigenvalue weighted by atomic mass is 9.92. The predicted octanol–water partition coefficient (Wildman–Crippen LogP) is 3.29. The number of hydrogen-bond donors (Lipinski definition) is 2. The van der Waals surface area contributed by atoms with E-state index in [1.165, 1.54) is 18.2 Å². The van der Waals surface area contributed by atoms with E-state index in [0.717, 1.165) is 6.07 Å². The SMILES string of the molecule is CC(C)(C)CC(=O)NC[C@@H](O)c1ccccc1C(F)(F)F. The van der Waals surface area contributed by atoms with Crippen LogP contribution in [-0.2, 0) is 11.0 Å². The molecular formula is C15H20F3NO2. The van der Waals surface area contributed by atoms with Crippen molar-refractivity contribution in [1.82, 2.24) is 5.32 Å². The smallest absolute Gasteiger partial charge is 0.387 e. The quantitative estimate of drug-likeness (QED) is 0.896. The second-order valence-electron chi connectivity index (χ2n) is 6.14. The second kappa shape index (κ2) is 6.47. The van der Waals surface area contributed by atoms with Crippen LogP contribution in [0.15, 0.2) is 24.3 Å². The highest BCUT2D eigenvalue weighted by Crippen LogP contribution is 2.34. The molecule has 3 nitrogen and oxygen atoms in total. The first-order chi connectivity index (χ1) is 9.50. The molecule has 0 spiro atoms. The fourth-order valence-electron chi connectivity index (χ4n) is 1.91. The minimum absolute atomic E-state index is 0.223. The van der Waals surface area contributed by atoms with Crippen molar-refractivity contribution in [1.29, 1.82) is 0 Å². The van der Waals surface area contributed by atoms with Crippen molar-refractivity contribution in [2.24, 2.45) is 5.41 Å². The van der Waals surface area contributed by atoms with Crippen molar-refractivity contribution in [3.8, 4) is 0 Å². The van der Waals surface area contributed by atoms with Crippen molar-refractivity contribution in [3.63, 3.8) is 0 Å². The third kappa shape index (κ3) is 5.75. The Balaban J connectivity index is 2.73. The van der Waals surface area contributed by atoms with Gasteiger partial charge in [-0.3, -0.25) is 4.79 Å². The predicted molar refractivity (Wildman–Crippen MR) is 73.5 cm³/mol. The summed E-state index contributed by atoms with van der Waals surface area (Å²) < 4.78 is 38.5. The van der Waals surface area contributed by atoms with Gasteiger partial charge in [0.1, 0.15) is 0 Å². The summed E-state index contributed by atoms with van der Waals surface area (Å²) in [5.41, 5.74) is -1.34. The summed E-state index contributed by atoms with van der Waals surface area (Å²) in [6.07, 6.45) is -5.69. The van der Waals surface area contributed by atoms with Crippen molar-refractivity contribution in [2.75, 3.05) is 6.54 Å². The molecular weight excluding hydrogens is 283 g/mol. The van der Waals surface area contributed by atoms with E-state index in [0.29, 0.717) is 0 Å². The first-order valence-electron chi connectivity index (χ1n) is 6.61. The van der Waals surface area contributed by atoms with Crippen LogP contribution in [-0.4, -0.2) is 17.6 Å². The van der Waals surface area contributed by atoms with Crippen LogP contribution >= 0.6 is 0 Å². The van der Waals surface area contributed by atoms with Gasteiger partial charge in [0.05, 0.1) is 11.7 Å². The third-order valence-corrected chi connectivity index (χ3v) is 2.81. The Morgan fingerprint density at radius 1 is 1.24 bits per heavy atom. The maximum atomic E-state index is 12.8. The Kier molecular flexibility index (Phi) is 5.39. The summed E-state index contributed by atoms with van der Waals surface area (Å²) in [5.74, 6) is -0.300. The lowest BCUT2D eigenvalue weighted by Gasteiger charge is -2.20. The van der Waals surface area contributed by atoms with Crippen LogP contribution in [0.3, 0.4) is 0 Å². The number of carbonyl (C=O) groups is 1. The van der Waals surface area contributed by atoms with Crippen molar-refractivity contribution >= 4 is 5.91 Å². The van der Waals surface area contributed by atoms with Crippen LogP contribution in [0, 0.1) is 5.41 Å². The number of carbonyl (C=O) groups excluding carboxylic acids is 1. The molecule has 1 amide bonds. The molecule has 118 valence electrons. The number of alkyl halides is 3. The number of rotatable bonds is 4. The van der Waals surface area contributed by atoms with Crippen LogP contribution in [0.2, 0.25) is 0 Å². The van der Waals surface area contributed by atoms with Gasteiger partial charge >= 0.3 is 6.18 Å². The number of hydrogen-bond acceptors (Lipinski definition) is 2. The van der Waals surface area contributed by atoms with Gasteiger partial charge in [-0.2, -0.15) is 13.2 Å². The van der Waals surface area contributed by atoms with Crippen LogP contribution in [0.1, 0.15) is 44.4 Å². The lowest BCUT2D eigenvalue weighted by molar-refractivity contribution is -0.139. The average molecular weight is 303 g/mol. The Bertz CT molecular complexity index is 492. The number of halogens is 3. The van der Waals surface area contributed by atoms with E-state index in [1.807, 2.05) is 20.8 Å². The Hall–Kier alpha value is -1.56. The highest BCUT2D eigenvalue weighted by atomic mass is 19.4. The minimum Gasteiger partial charge on any atom is -0.387 e. The molecule has 0 aromatic heterocycles. The van der Waals surface area contributed by atoms with Crippen LogP contribution < -0.4 is 5.32 Å². The normalized spacial score (nSPS) is 13.9. The monoisotopic (exact) mass is 303 g/mol. The molecule has 1 atom stereocenters. The Morgan fingerprint density at radius 3 is 2.33 bits per heavy atom. The standard InChI is InChI=1S/C15H20F3NO2/c1-14(2,3)8-13(21)19-9-12(20)10-6-4-5-7-11(10)15(16,17)18/h4-7,12,20H,8-9H2,1-3H3,(H,19,21)/t12-/m1/s1. The molecule has 21 heavy (non-hydrogen) atoms. The van der Waals surface area contributed by atoms with E-state index in [9.17, 15) is 23.1 Å². The number of benzene rings is 1. The third-order valence-electron chi connectivity index (χ3n) is 2.81. The van der Waals surface area contributed by atoms with Gasteiger partial charge in [-0.05, 0) is 17.0 Å². The zero-order chi connectivity index (χ0) is 16.3. The molecule has 0 bridgehead atoms. The maximum absolute atomic E-state index is 12.8. The van der Waals surface area contributed by atoms with Crippen molar-refractivity contribution in [3.05, 3.63) is 35.4 Å². The molecule has 6 heteroatoms. The fraction of sp³-hybridized carbons (Fsp3) is 0.533. The highest BCUT2D eigenvalue weighted by molar-refractivity contribution is 5.76. The molecule has 0 aliphatic heterocycles. The first kappa shape index (κ1) is 17.5. The second-order valence-corrected chi connectivity index (χ2v) is 6.14. The van der Waals surface area contributed by atoms with Gasteiger partial charge in [-0.25, -0.2) is 0 Å². The average Bonchev–Trinajstić information content (AvgIpc) is 2.33. The summed E-state index contributed by atoms with van der Waals surface area (Å²) in [7, 11) is 0. The van der Waals surface area contributed by atoms with E-state index in [1.54, 1.807) is 0 Å². The molecule has 0 heterocycles. The summed E-state index contributed by atoms with van der Waals surface area (Å²) in [5, 5.41) is 12.4. The van der Waals surface area contributed by atoms with Gasteiger partial charge in [-0.1, -0.05) is 39.0 Å². The number of amides is 1.